The molecule has 0 saturated heterocycles. The number of hydrogen-bond acceptors (Lipinski definition) is 2. The van der Waals surface area contributed by atoms with Gasteiger partial charge in [-0.2, -0.15) is 0 Å². The van der Waals surface area contributed by atoms with Gasteiger partial charge in [-0.15, -0.1) is 0 Å². The lowest BCUT2D eigenvalue weighted by atomic mass is 10.0. The van der Waals surface area contributed by atoms with E-state index in [9.17, 15) is 9.59 Å². The molecule has 5 heteroatoms. The first-order valence-electron chi connectivity index (χ1n) is 4.76. The van der Waals surface area contributed by atoms with Crippen molar-refractivity contribution in [2.75, 3.05) is 0 Å². The third kappa shape index (κ3) is 2.25. The highest BCUT2D eigenvalue weighted by molar-refractivity contribution is 6.42. The van der Waals surface area contributed by atoms with E-state index in [1.165, 1.54) is 12.3 Å². The maximum Gasteiger partial charge on any atom is 0.256 e. The Morgan fingerprint density at radius 1 is 1.12 bits per heavy atom. The summed E-state index contributed by atoms with van der Waals surface area (Å²) in [5, 5.41) is 0.736. The molecule has 0 radical (unpaired) electrons. The molecule has 0 aliphatic rings. The summed E-state index contributed by atoms with van der Waals surface area (Å²) < 4.78 is 0. The number of aromatic amines is 1. The standard InChI is InChI=1S/C12H7Cl2NO2/c13-9-2-1-7(5-10(9)14)11-8(6-16)3-4-15-12(11)17/h1-6H,(H,15,17). The lowest BCUT2D eigenvalue weighted by molar-refractivity contribution is 0.112. The minimum atomic E-state index is -0.340. The van der Waals surface area contributed by atoms with E-state index in [-0.39, 0.29) is 5.56 Å². The van der Waals surface area contributed by atoms with Crippen LogP contribution in [-0.4, -0.2) is 11.3 Å². The molecule has 0 atom stereocenters. The van der Waals surface area contributed by atoms with Gasteiger partial charge in [0.2, 0.25) is 0 Å². The molecule has 1 aromatic heterocycles. The highest BCUT2D eigenvalue weighted by Gasteiger charge is 2.10. The average molecular weight is 268 g/mol. The number of carbonyl (C=O) groups excluding carboxylic acids is 1. The normalized spacial score (nSPS) is 10.2. The van der Waals surface area contributed by atoms with Gasteiger partial charge >= 0.3 is 0 Å². The average Bonchev–Trinajstić information content (AvgIpc) is 2.32. The maximum absolute atomic E-state index is 11.7. The molecule has 0 aliphatic heterocycles. The number of nitrogens with one attached hydrogen (secondary N) is 1. The number of rotatable bonds is 2. The third-order valence-electron chi connectivity index (χ3n) is 2.33. The molecule has 0 fully saturated rings. The van der Waals surface area contributed by atoms with Crippen LogP contribution in [0.25, 0.3) is 11.1 Å². The molecular weight excluding hydrogens is 261 g/mol. The molecule has 0 spiro atoms. The number of aromatic nitrogens is 1. The first-order chi connectivity index (χ1) is 8.13. The monoisotopic (exact) mass is 267 g/mol. The van der Waals surface area contributed by atoms with Gasteiger partial charge in [-0.25, -0.2) is 0 Å². The van der Waals surface area contributed by atoms with Gasteiger partial charge in [0.25, 0.3) is 5.56 Å². The van der Waals surface area contributed by atoms with Crippen molar-refractivity contribution in [3.8, 4) is 11.1 Å². The van der Waals surface area contributed by atoms with Gasteiger partial charge < -0.3 is 4.98 Å². The van der Waals surface area contributed by atoms with E-state index >= 15 is 0 Å². The summed E-state index contributed by atoms with van der Waals surface area (Å²) in [5.41, 5.74) is 0.824. The molecule has 3 nitrogen and oxygen atoms in total. The zero-order chi connectivity index (χ0) is 12.4. The van der Waals surface area contributed by atoms with E-state index in [1.54, 1.807) is 18.2 Å². The molecule has 0 amide bonds. The second-order valence-corrected chi connectivity index (χ2v) is 4.20. The largest absolute Gasteiger partial charge is 0.329 e. The zero-order valence-electron chi connectivity index (χ0n) is 8.54. The first kappa shape index (κ1) is 11.9. The Bertz CT molecular complexity index is 635. The third-order valence-corrected chi connectivity index (χ3v) is 3.07. The summed E-state index contributed by atoms with van der Waals surface area (Å²) >= 11 is 11.7. The van der Waals surface area contributed by atoms with E-state index in [0.717, 1.165) is 0 Å². The topological polar surface area (TPSA) is 49.9 Å². The minimum absolute atomic E-state index is 0.293. The Morgan fingerprint density at radius 2 is 1.88 bits per heavy atom. The van der Waals surface area contributed by atoms with Crippen molar-refractivity contribution in [3.05, 3.63) is 56.4 Å². The van der Waals surface area contributed by atoms with E-state index in [1.807, 2.05) is 0 Å². The molecular formula is C12H7Cl2NO2. The molecule has 0 bridgehead atoms. The molecule has 1 N–H and O–H groups in total. The summed E-state index contributed by atoms with van der Waals surface area (Å²) in [6.45, 7) is 0. The van der Waals surface area contributed by atoms with Crippen molar-refractivity contribution in [1.29, 1.82) is 0 Å². The number of hydrogen-bond donors (Lipinski definition) is 1. The summed E-state index contributed by atoms with van der Waals surface area (Å²) in [7, 11) is 0. The Labute approximate surface area is 107 Å². The molecule has 2 aromatic rings. The van der Waals surface area contributed by atoms with Crippen LogP contribution in [0.15, 0.2) is 35.3 Å². The number of H-pyrrole nitrogens is 1. The Hall–Kier alpha value is -1.58. The smallest absolute Gasteiger partial charge is 0.256 e. The molecule has 1 heterocycles. The lowest BCUT2D eigenvalue weighted by Gasteiger charge is -2.04. The zero-order valence-corrected chi connectivity index (χ0v) is 10.0. The van der Waals surface area contributed by atoms with Gasteiger partial charge in [-0.05, 0) is 23.8 Å². The Kier molecular flexibility index (Phi) is 3.31. The fourth-order valence-corrected chi connectivity index (χ4v) is 1.84. The van der Waals surface area contributed by atoms with Gasteiger partial charge in [-0.3, -0.25) is 9.59 Å². The van der Waals surface area contributed by atoms with Crippen LogP contribution in [0.2, 0.25) is 10.0 Å². The summed E-state index contributed by atoms with van der Waals surface area (Å²) in [5.74, 6) is 0. The maximum atomic E-state index is 11.7. The van der Waals surface area contributed by atoms with E-state index in [0.29, 0.717) is 33.0 Å². The SMILES string of the molecule is O=Cc1cc[nH]c(=O)c1-c1ccc(Cl)c(Cl)c1. The molecule has 86 valence electrons. The number of halogens is 2. The van der Waals surface area contributed by atoms with Gasteiger partial charge in [0.15, 0.2) is 6.29 Å². The fraction of sp³-hybridized carbons (Fsp3) is 0. The van der Waals surface area contributed by atoms with Crippen LogP contribution in [0.1, 0.15) is 10.4 Å². The van der Waals surface area contributed by atoms with Crippen LogP contribution in [0.3, 0.4) is 0 Å². The summed E-state index contributed by atoms with van der Waals surface area (Å²) in [6, 6.07) is 6.32. The second kappa shape index (κ2) is 4.73. The van der Waals surface area contributed by atoms with Crippen molar-refractivity contribution < 1.29 is 4.79 Å². The summed E-state index contributed by atoms with van der Waals surface area (Å²) in [4.78, 5) is 25.1. The predicted octanol–water partition coefficient (Wildman–Crippen LogP) is 3.16. The minimum Gasteiger partial charge on any atom is -0.329 e. The van der Waals surface area contributed by atoms with E-state index in [2.05, 4.69) is 4.98 Å². The molecule has 2 rings (SSSR count). The van der Waals surface area contributed by atoms with Gasteiger partial charge in [0.1, 0.15) is 0 Å². The van der Waals surface area contributed by atoms with Crippen molar-refractivity contribution >= 4 is 29.5 Å². The van der Waals surface area contributed by atoms with E-state index < -0.39 is 0 Å². The predicted molar refractivity (Wildman–Crippen MR) is 67.9 cm³/mol. The second-order valence-electron chi connectivity index (χ2n) is 3.38. The highest BCUT2D eigenvalue weighted by atomic mass is 35.5. The molecule has 0 saturated carbocycles. The number of benzene rings is 1. The van der Waals surface area contributed by atoms with Crippen molar-refractivity contribution in [1.82, 2.24) is 4.98 Å². The first-order valence-corrected chi connectivity index (χ1v) is 5.51. The number of pyridine rings is 1. The van der Waals surface area contributed by atoms with Crippen molar-refractivity contribution in [2.45, 2.75) is 0 Å². The van der Waals surface area contributed by atoms with Gasteiger partial charge in [0.05, 0.1) is 15.6 Å². The van der Waals surface area contributed by atoms with E-state index in [4.69, 9.17) is 23.2 Å². The number of carbonyl (C=O) groups is 1. The highest BCUT2D eigenvalue weighted by Crippen LogP contribution is 2.27. The molecule has 0 aliphatic carbocycles. The molecule has 0 unspecified atom stereocenters. The van der Waals surface area contributed by atoms with Crippen LogP contribution in [0.5, 0.6) is 0 Å². The number of aldehydes is 1. The van der Waals surface area contributed by atoms with Crippen LogP contribution in [-0.2, 0) is 0 Å². The van der Waals surface area contributed by atoms with Gasteiger partial charge in [-0.1, -0.05) is 29.3 Å². The Morgan fingerprint density at radius 3 is 2.53 bits per heavy atom. The Balaban J connectivity index is 2.72. The van der Waals surface area contributed by atoms with Crippen LogP contribution in [0.4, 0.5) is 0 Å². The van der Waals surface area contributed by atoms with Crippen molar-refractivity contribution in [2.24, 2.45) is 0 Å². The van der Waals surface area contributed by atoms with Crippen LogP contribution < -0.4 is 5.56 Å². The quantitative estimate of drug-likeness (QED) is 0.850. The molecule has 1 aromatic carbocycles. The van der Waals surface area contributed by atoms with Crippen LogP contribution in [0, 0.1) is 0 Å². The fourth-order valence-electron chi connectivity index (χ4n) is 1.54. The summed E-state index contributed by atoms with van der Waals surface area (Å²) in [6.07, 6.45) is 2.06. The van der Waals surface area contributed by atoms with Crippen molar-refractivity contribution in [3.63, 3.8) is 0 Å². The molecule has 17 heavy (non-hydrogen) atoms. The van der Waals surface area contributed by atoms with Gasteiger partial charge in [0, 0.05) is 11.8 Å². The van der Waals surface area contributed by atoms with Crippen LogP contribution >= 0.6 is 23.2 Å². The lowest BCUT2D eigenvalue weighted by Crippen LogP contribution is -2.10.